The standard InChI is InChI=1S/C17H19N5O4S2/c1-11-8-14(22(20-11)13-5-7-28(24,25)10-13)18-15(23)2-3-16-19-17(21-26-16)12-4-6-27-9-12/h4,6,8-9,13H,2-3,5,7,10H2,1H3,(H,18,23). The Morgan fingerprint density at radius 1 is 1.46 bits per heavy atom. The van der Waals surface area contributed by atoms with Crippen LogP contribution in [0.4, 0.5) is 5.82 Å². The average molecular weight is 422 g/mol. The van der Waals surface area contributed by atoms with Gasteiger partial charge in [0.2, 0.25) is 17.6 Å². The highest BCUT2D eigenvalue weighted by atomic mass is 32.2. The Labute approximate surface area is 165 Å². The van der Waals surface area contributed by atoms with Gasteiger partial charge >= 0.3 is 0 Å². The fraction of sp³-hybridized carbons (Fsp3) is 0.412. The molecule has 1 fully saturated rings. The van der Waals surface area contributed by atoms with Gasteiger partial charge in [-0.25, -0.2) is 13.1 Å². The Morgan fingerprint density at radius 3 is 3.04 bits per heavy atom. The van der Waals surface area contributed by atoms with Crippen molar-refractivity contribution in [1.82, 2.24) is 19.9 Å². The summed E-state index contributed by atoms with van der Waals surface area (Å²) < 4.78 is 30.3. The van der Waals surface area contributed by atoms with Crippen LogP contribution in [0.5, 0.6) is 0 Å². The minimum absolute atomic E-state index is 0.0460. The molecule has 4 rings (SSSR count). The van der Waals surface area contributed by atoms with Gasteiger partial charge in [0.05, 0.1) is 23.2 Å². The quantitative estimate of drug-likeness (QED) is 0.648. The smallest absolute Gasteiger partial charge is 0.227 e. The molecule has 28 heavy (non-hydrogen) atoms. The lowest BCUT2D eigenvalue weighted by Gasteiger charge is -2.13. The summed E-state index contributed by atoms with van der Waals surface area (Å²) in [5.41, 5.74) is 1.60. The maximum Gasteiger partial charge on any atom is 0.227 e. The summed E-state index contributed by atoms with van der Waals surface area (Å²) >= 11 is 1.54. The highest BCUT2D eigenvalue weighted by molar-refractivity contribution is 7.91. The zero-order chi connectivity index (χ0) is 19.7. The first-order valence-electron chi connectivity index (χ1n) is 8.81. The zero-order valence-electron chi connectivity index (χ0n) is 15.2. The van der Waals surface area contributed by atoms with Gasteiger partial charge in [-0.3, -0.25) is 4.79 Å². The number of aromatic nitrogens is 4. The monoisotopic (exact) mass is 421 g/mol. The lowest BCUT2D eigenvalue weighted by atomic mass is 10.2. The predicted octanol–water partition coefficient (Wildman–Crippen LogP) is 2.23. The van der Waals surface area contributed by atoms with Gasteiger partial charge in [0.15, 0.2) is 9.84 Å². The molecule has 3 aromatic rings. The number of aryl methyl sites for hydroxylation is 2. The third-order valence-corrected chi connectivity index (χ3v) is 6.93. The topological polar surface area (TPSA) is 120 Å². The van der Waals surface area contributed by atoms with Gasteiger partial charge in [-0.2, -0.15) is 21.4 Å². The highest BCUT2D eigenvalue weighted by Crippen LogP contribution is 2.27. The number of hydrogen-bond acceptors (Lipinski definition) is 8. The summed E-state index contributed by atoms with van der Waals surface area (Å²) in [5.74, 6) is 1.37. The van der Waals surface area contributed by atoms with Gasteiger partial charge in [-0.05, 0) is 24.8 Å². The molecule has 0 bridgehead atoms. The number of thiophene rings is 1. The first-order chi connectivity index (χ1) is 13.4. The Balaban J connectivity index is 1.38. The van der Waals surface area contributed by atoms with Gasteiger partial charge in [0.25, 0.3) is 0 Å². The molecule has 11 heteroatoms. The third-order valence-electron chi connectivity index (χ3n) is 4.49. The minimum Gasteiger partial charge on any atom is -0.339 e. The van der Waals surface area contributed by atoms with E-state index >= 15 is 0 Å². The molecule has 1 amide bonds. The van der Waals surface area contributed by atoms with Crippen LogP contribution in [0.15, 0.2) is 27.4 Å². The first-order valence-corrected chi connectivity index (χ1v) is 11.6. The van der Waals surface area contributed by atoms with Gasteiger partial charge < -0.3 is 9.84 Å². The molecule has 0 aliphatic carbocycles. The van der Waals surface area contributed by atoms with E-state index in [-0.39, 0.29) is 29.9 Å². The molecule has 0 saturated carbocycles. The Morgan fingerprint density at radius 2 is 2.32 bits per heavy atom. The Kier molecular flexibility index (Phi) is 5.02. The first kappa shape index (κ1) is 18.8. The van der Waals surface area contributed by atoms with Crippen LogP contribution in [-0.4, -0.2) is 45.8 Å². The molecule has 4 heterocycles. The van der Waals surface area contributed by atoms with E-state index in [1.165, 1.54) is 0 Å². The summed E-state index contributed by atoms with van der Waals surface area (Å²) in [6.07, 6.45) is 0.978. The van der Waals surface area contributed by atoms with E-state index in [0.29, 0.717) is 30.4 Å². The highest BCUT2D eigenvalue weighted by Gasteiger charge is 2.31. The number of carbonyl (C=O) groups is 1. The number of hydrogen-bond donors (Lipinski definition) is 1. The fourth-order valence-electron chi connectivity index (χ4n) is 3.15. The third kappa shape index (κ3) is 4.14. The summed E-state index contributed by atoms with van der Waals surface area (Å²) in [4.78, 5) is 16.7. The fourth-order valence-corrected chi connectivity index (χ4v) is 5.47. The van der Waals surface area contributed by atoms with E-state index in [4.69, 9.17) is 4.52 Å². The molecule has 1 aliphatic rings. The molecular formula is C17H19N5O4S2. The van der Waals surface area contributed by atoms with Crippen molar-refractivity contribution in [2.24, 2.45) is 0 Å². The van der Waals surface area contributed by atoms with Gasteiger partial charge in [0, 0.05) is 29.9 Å². The van der Waals surface area contributed by atoms with Crippen LogP contribution in [0.25, 0.3) is 11.4 Å². The number of sulfone groups is 1. The van der Waals surface area contributed by atoms with E-state index in [0.717, 1.165) is 11.3 Å². The number of carbonyl (C=O) groups excluding carboxylic acids is 1. The molecule has 1 aliphatic heterocycles. The number of rotatable bonds is 6. The normalized spacial score (nSPS) is 18.4. The summed E-state index contributed by atoms with van der Waals surface area (Å²) in [6, 6.07) is 3.39. The average Bonchev–Trinajstić information content (AvgIpc) is 3.39. The van der Waals surface area contributed by atoms with Crippen LogP contribution in [-0.2, 0) is 21.1 Å². The van der Waals surface area contributed by atoms with Crippen molar-refractivity contribution in [3.63, 3.8) is 0 Å². The molecule has 1 unspecified atom stereocenters. The largest absolute Gasteiger partial charge is 0.339 e. The number of nitrogens with one attached hydrogen (secondary N) is 1. The molecule has 0 radical (unpaired) electrons. The van der Waals surface area contributed by atoms with Crippen molar-refractivity contribution in [1.29, 1.82) is 0 Å². The van der Waals surface area contributed by atoms with Gasteiger partial charge in [-0.1, -0.05) is 5.16 Å². The number of amides is 1. The van der Waals surface area contributed by atoms with Gasteiger partial charge in [-0.15, -0.1) is 0 Å². The maximum atomic E-state index is 12.4. The van der Waals surface area contributed by atoms with Crippen LogP contribution in [0.3, 0.4) is 0 Å². The van der Waals surface area contributed by atoms with Crippen molar-refractivity contribution >= 4 is 32.9 Å². The molecule has 1 N–H and O–H groups in total. The van der Waals surface area contributed by atoms with E-state index in [2.05, 4.69) is 20.6 Å². The van der Waals surface area contributed by atoms with E-state index in [9.17, 15) is 13.2 Å². The van der Waals surface area contributed by atoms with Crippen LogP contribution >= 0.6 is 11.3 Å². The second kappa shape index (κ2) is 7.47. The van der Waals surface area contributed by atoms with Crippen molar-refractivity contribution in [3.05, 3.63) is 34.5 Å². The molecular weight excluding hydrogens is 402 g/mol. The molecule has 1 saturated heterocycles. The van der Waals surface area contributed by atoms with E-state index in [1.54, 1.807) is 29.0 Å². The second-order valence-electron chi connectivity index (χ2n) is 6.74. The van der Waals surface area contributed by atoms with Gasteiger partial charge in [0.1, 0.15) is 5.82 Å². The Hall–Kier alpha value is -2.53. The number of nitrogens with zero attached hydrogens (tertiary/aromatic N) is 4. The van der Waals surface area contributed by atoms with E-state index in [1.807, 2.05) is 16.8 Å². The lowest BCUT2D eigenvalue weighted by Crippen LogP contribution is -2.19. The molecule has 1 atom stereocenters. The van der Waals surface area contributed by atoms with Crippen LogP contribution in [0, 0.1) is 6.92 Å². The van der Waals surface area contributed by atoms with Crippen molar-refractivity contribution in [2.75, 3.05) is 16.8 Å². The van der Waals surface area contributed by atoms with E-state index < -0.39 is 9.84 Å². The number of anilines is 1. The summed E-state index contributed by atoms with van der Waals surface area (Å²) in [6.45, 7) is 1.81. The zero-order valence-corrected chi connectivity index (χ0v) is 16.8. The maximum absolute atomic E-state index is 12.4. The Bertz CT molecular complexity index is 1080. The molecule has 148 valence electrons. The summed E-state index contributed by atoms with van der Waals surface area (Å²) in [7, 11) is -3.04. The SMILES string of the molecule is Cc1cc(NC(=O)CCc2nc(-c3ccsc3)no2)n(C2CCS(=O)(=O)C2)n1. The minimum atomic E-state index is -3.04. The van der Waals surface area contributed by atoms with Crippen LogP contribution in [0.2, 0.25) is 0 Å². The second-order valence-corrected chi connectivity index (χ2v) is 9.75. The van der Waals surface area contributed by atoms with Crippen molar-refractivity contribution in [2.45, 2.75) is 32.2 Å². The molecule has 9 nitrogen and oxygen atoms in total. The lowest BCUT2D eigenvalue weighted by molar-refractivity contribution is -0.116. The molecule has 3 aromatic heterocycles. The summed E-state index contributed by atoms with van der Waals surface area (Å²) in [5, 5.41) is 15.0. The van der Waals surface area contributed by atoms with Crippen LogP contribution < -0.4 is 5.32 Å². The van der Waals surface area contributed by atoms with Crippen LogP contribution in [0.1, 0.15) is 30.5 Å². The predicted molar refractivity (Wildman–Crippen MR) is 104 cm³/mol. The molecule has 0 aromatic carbocycles. The van der Waals surface area contributed by atoms with Crippen molar-refractivity contribution in [3.8, 4) is 11.4 Å². The van der Waals surface area contributed by atoms with Crippen molar-refractivity contribution < 1.29 is 17.7 Å². The molecule has 0 spiro atoms.